The van der Waals surface area contributed by atoms with Crippen LogP contribution in [0.1, 0.15) is 44.1 Å². The van der Waals surface area contributed by atoms with Crippen molar-refractivity contribution in [3.05, 3.63) is 29.8 Å². The molecule has 0 N–H and O–H groups in total. The molecule has 0 heterocycles. The van der Waals surface area contributed by atoms with Gasteiger partial charge >= 0.3 is 0 Å². The van der Waals surface area contributed by atoms with Crippen LogP contribution in [0, 0.1) is 0 Å². The van der Waals surface area contributed by atoms with Crippen LogP contribution in [0.2, 0.25) is 0 Å². The summed E-state index contributed by atoms with van der Waals surface area (Å²) in [5.74, 6) is 0. The van der Waals surface area contributed by atoms with E-state index in [1.807, 2.05) is 12.1 Å². The van der Waals surface area contributed by atoms with E-state index in [4.69, 9.17) is 0 Å². The number of halogens is 1. The maximum Gasteiger partial charge on any atom is 0.243 e. The Kier molecular flexibility index (Phi) is 5.64. The van der Waals surface area contributed by atoms with E-state index in [0.29, 0.717) is 4.90 Å². The van der Waals surface area contributed by atoms with Gasteiger partial charge in [-0.05, 0) is 30.5 Å². The Morgan fingerprint density at radius 1 is 1.10 bits per heavy atom. The van der Waals surface area contributed by atoms with Gasteiger partial charge in [0.25, 0.3) is 0 Å². The minimum Gasteiger partial charge on any atom is -0.207 e. The summed E-state index contributed by atoms with van der Waals surface area (Å²) in [6, 6.07) is 7.29. The lowest BCUT2D eigenvalue weighted by Gasteiger charge is -2.26. The number of alkyl halides is 1. The molecule has 1 aromatic carbocycles. The predicted molar refractivity (Wildman–Crippen MR) is 85.5 cm³/mol. The summed E-state index contributed by atoms with van der Waals surface area (Å²) in [6.07, 6.45) is 6.68. The third-order valence-electron chi connectivity index (χ3n) is 4.09. The molecule has 5 heteroatoms. The van der Waals surface area contributed by atoms with E-state index < -0.39 is 10.0 Å². The smallest absolute Gasteiger partial charge is 0.207 e. The molecule has 0 aromatic heterocycles. The van der Waals surface area contributed by atoms with Crippen molar-refractivity contribution in [3.8, 4) is 0 Å². The second-order valence-corrected chi connectivity index (χ2v) is 8.00. The minimum atomic E-state index is -3.36. The lowest BCUT2D eigenvalue weighted by molar-refractivity contribution is 0.335. The molecule has 0 bridgehead atoms. The Balaban J connectivity index is 2.18. The van der Waals surface area contributed by atoms with Crippen molar-refractivity contribution in [1.29, 1.82) is 0 Å². The Hall–Kier alpha value is -0.390. The van der Waals surface area contributed by atoms with Crippen LogP contribution in [0.3, 0.4) is 0 Å². The summed E-state index contributed by atoms with van der Waals surface area (Å²) in [6.45, 7) is 0. The van der Waals surface area contributed by atoms with Crippen LogP contribution in [-0.4, -0.2) is 25.8 Å². The highest BCUT2D eigenvalue weighted by molar-refractivity contribution is 9.08. The third kappa shape index (κ3) is 3.62. The van der Waals surface area contributed by atoms with Crippen LogP contribution in [0.5, 0.6) is 0 Å². The average Bonchev–Trinajstić information content (AvgIpc) is 2.75. The molecule has 0 atom stereocenters. The highest BCUT2D eigenvalue weighted by Crippen LogP contribution is 2.26. The molecule has 1 fully saturated rings. The zero-order chi connectivity index (χ0) is 14.6. The van der Waals surface area contributed by atoms with Crippen LogP contribution < -0.4 is 0 Å². The Bertz CT molecular complexity index is 519. The van der Waals surface area contributed by atoms with E-state index in [0.717, 1.165) is 36.6 Å². The highest BCUT2D eigenvalue weighted by Gasteiger charge is 2.28. The fraction of sp³-hybridized carbons (Fsp3) is 0.600. The van der Waals surface area contributed by atoms with Gasteiger partial charge in [-0.2, -0.15) is 4.31 Å². The Morgan fingerprint density at radius 2 is 1.65 bits per heavy atom. The van der Waals surface area contributed by atoms with Gasteiger partial charge in [-0.3, -0.25) is 0 Å². The summed E-state index contributed by atoms with van der Waals surface area (Å²) in [7, 11) is -1.64. The van der Waals surface area contributed by atoms with Crippen molar-refractivity contribution in [2.75, 3.05) is 7.05 Å². The maximum absolute atomic E-state index is 12.7. The van der Waals surface area contributed by atoms with E-state index in [1.54, 1.807) is 23.5 Å². The standard InChI is InChI=1S/C15H22BrNO2S/c1-17(14-6-4-2-3-5-7-14)20(18,19)15-10-8-13(12-16)9-11-15/h8-11,14H,2-7,12H2,1H3. The summed E-state index contributed by atoms with van der Waals surface area (Å²) >= 11 is 3.37. The minimum absolute atomic E-state index is 0.151. The second kappa shape index (κ2) is 7.05. The molecular weight excluding hydrogens is 338 g/mol. The van der Waals surface area contributed by atoms with Gasteiger partial charge < -0.3 is 0 Å². The Labute approximate surface area is 130 Å². The van der Waals surface area contributed by atoms with Crippen molar-refractivity contribution in [2.45, 2.75) is 54.8 Å². The molecule has 112 valence electrons. The fourth-order valence-corrected chi connectivity index (χ4v) is 4.52. The topological polar surface area (TPSA) is 37.4 Å². The molecule has 1 aliphatic carbocycles. The van der Waals surface area contributed by atoms with Gasteiger partial charge in [-0.25, -0.2) is 8.42 Å². The van der Waals surface area contributed by atoms with Crippen molar-refractivity contribution in [3.63, 3.8) is 0 Å². The predicted octanol–water partition coefficient (Wildman–Crippen LogP) is 3.92. The van der Waals surface area contributed by atoms with Crippen LogP contribution in [-0.2, 0) is 15.4 Å². The van der Waals surface area contributed by atoms with Crippen molar-refractivity contribution < 1.29 is 8.42 Å². The number of hydrogen-bond acceptors (Lipinski definition) is 2. The largest absolute Gasteiger partial charge is 0.243 e. The lowest BCUT2D eigenvalue weighted by atomic mass is 10.1. The van der Waals surface area contributed by atoms with E-state index in [1.165, 1.54) is 12.8 Å². The van der Waals surface area contributed by atoms with E-state index in [2.05, 4.69) is 15.9 Å². The van der Waals surface area contributed by atoms with Crippen LogP contribution in [0.15, 0.2) is 29.2 Å². The summed E-state index contributed by atoms with van der Waals surface area (Å²) in [5.41, 5.74) is 1.08. The maximum atomic E-state index is 12.7. The molecule has 0 radical (unpaired) electrons. The normalized spacial score (nSPS) is 18.1. The number of hydrogen-bond donors (Lipinski definition) is 0. The highest BCUT2D eigenvalue weighted by atomic mass is 79.9. The molecule has 0 unspecified atom stereocenters. The van der Waals surface area contributed by atoms with Gasteiger partial charge in [0, 0.05) is 18.4 Å². The zero-order valence-corrected chi connectivity index (χ0v) is 14.3. The van der Waals surface area contributed by atoms with E-state index in [9.17, 15) is 8.42 Å². The van der Waals surface area contributed by atoms with E-state index in [-0.39, 0.29) is 6.04 Å². The van der Waals surface area contributed by atoms with Gasteiger partial charge in [0.15, 0.2) is 0 Å². The van der Waals surface area contributed by atoms with Crippen LogP contribution in [0.4, 0.5) is 0 Å². The van der Waals surface area contributed by atoms with Crippen molar-refractivity contribution in [2.24, 2.45) is 0 Å². The molecule has 1 aliphatic rings. The molecule has 3 nitrogen and oxygen atoms in total. The number of sulfonamides is 1. The first kappa shape index (κ1) is 16.0. The molecule has 0 saturated heterocycles. The third-order valence-corrected chi connectivity index (χ3v) is 6.67. The molecule has 20 heavy (non-hydrogen) atoms. The first-order valence-electron chi connectivity index (χ1n) is 7.18. The zero-order valence-electron chi connectivity index (χ0n) is 11.9. The summed E-state index contributed by atoms with van der Waals surface area (Å²) in [4.78, 5) is 0.397. The molecule has 0 amide bonds. The van der Waals surface area contributed by atoms with Gasteiger partial charge in [-0.1, -0.05) is 53.7 Å². The summed E-state index contributed by atoms with van der Waals surface area (Å²) in [5, 5.41) is 0.742. The first-order valence-corrected chi connectivity index (χ1v) is 9.75. The van der Waals surface area contributed by atoms with Gasteiger partial charge in [-0.15, -0.1) is 0 Å². The second-order valence-electron chi connectivity index (χ2n) is 5.44. The average molecular weight is 360 g/mol. The lowest BCUT2D eigenvalue weighted by Crippen LogP contribution is -2.36. The molecule has 1 aromatic rings. The molecule has 0 spiro atoms. The molecule has 1 saturated carbocycles. The first-order chi connectivity index (χ1) is 9.55. The number of rotatable bonds is 4. The SMILES string of the molecule is CN(C1CCCCCC1)S(=O)(=O)c1ccc(CBr)cc1. The van der Waals surface area contributed by atoms with Gasteiger partial charge in [0.2, 0.25) is 10.0 Å². The van der Waals surface area contributed by atoms with Crippen LogP contribution in [0.25, 0.3) is 0 Å². The number of benzene rings is 1. The molecule has 0 aliphatic heterocycles. The summed E-state index contributed by atoms with van der Waals surface area (Å²) < 4.78 is 26.9. The fourth-order valence-electron chi connectivity index (χ4n) is 2.73. The van der Waals surface area contributed by atoms with E-state index >= 15 is 0 Å². The van der Waals surface area contributed by atoms with Crippen molar-refractivity contribution >= 4 is 26.0 Å². The Morgan fingerprint density at radius 3 is 2.15 bits per heavy atom. The molecule has 2 rings (SSSR count). The van der Waals surface area contributed by atoms with Gasteiger partial charge in [0.05, 0.1) is 4.90 Å². The van der Waals surface area contributed by atoms with Crippen LogP contribution >= 0.6 is 15.9 Å². The number of nitrogens with zero attached hydrogens (tertiary/aromatic N) is 1. The quantitative estimate of drug-likeness (QED) is 0.603. The monoisotopic (exact) mass is 359 g/mol. The molecular formula is C15H22BrNO2S. The van der Waals surface area contributed by atoms with Gasteiger partial charge in [0.1, 0.15) is 0 Å². The van der Waals surface area contributed by atoms with Crippen molar-refractivity contribution in [1.82, 2.24) is 4.31 Å².